The highest BCUT2D eigenvalue weighted by Crippen LogP contribution is 2.03. The SMILES string of the molecule is CNC(=O)COCCOCCOCCOCCOC(C)C(F)CNC(=O)C(C)C. The van der Waals surface area contributed by atoms with Crippen molar-refractivity contribution in [3.05, 3.63) is 0 Å². The first kappa shape index (κ1) is 27.7. The van der Waals surface area contributed by atoms with Crippen molar-refractivity contribution in [2.24, 2.45) is 5.92 Å². The Balaban J connectivity index is 3.36. The minimum absolute atomic E-state index is 0.0247. The summed E-state index contributed by atoms with van der Waals surface area (Å²) in [5.74, 6) is -0.523. The van der Waals surface area contributed by atoms with Crippen LogP contribution in [-0.4, -0.2) is 97.1 Å². The quantitative estimate of drug-likeness (QED) is 0.288. The first-order chi connectivity index (χ1) is 13.9. The lowest BCUT2D eigenvalue weighted by Gasteiger charge is -2.18. The molecule has 0 fully saturated rings. The molecule has 2 amide bonds. The Labute approximate surface area is 172 Å². The molecule has 0 heterocycles. The van der Waals surface area contributed by atoms with Crippen LogP contribution in [0.3, 0.4) is 0 Å². The van der Waals surface area contributed by atoms with Crippen molar-refractivity contribution in [3.8, 4) is 0 Å². The predicted molar refractivity (Wildman–Crippen MR) is 106 cm³/mol. The molecule has 0 aromatic carbocycles. The van der Waals surface area contributed by atoms with E-state index in [4.69, 9.17) is 23.7 Å². The van der Waals surface area contributed by atoms with Gasteiger partial charge in [0.05, 0.1) is 65.5 Å². The average molecular weight is 425 g/mol. The van der Waals surface area contributed by atoms with Crippen molar-refractivity contribution < 1.29 is 37.7 Å². The van der Waals surface area contributed by atoms with E-state index in [0.29, 0.717) is 46.2 Å². The maximum absolute atomic E-state index is 13.9. The fourth-order valence-electron chi connectivity index (χ4n) is 1.86. The number of halogens is 1. The molecule has 0 aliphatic carbocycles. The van der Waals surface area contributed by atoms with E-state index in [1.54, 1.807) is 27.8 Å². The van der Waals surface area contributed by atoms with E-state index in [-0.39, 0.29) is 37.5 Å². The Morgan fingerprint density at radius 2 is 1.31 bits per heavy atom. The first-order valence-corrected chi connectivity index (χ1v) is 9.93. The van der Waals surface area contributed by atoms with Crippen LogP contribution in [0.15, 0.2) is 0 Å². The third-order valence-electron chi connectivity index (χ3n) is 3.74. The van der Waals surface area contributed by atoms with Gasteiger partial charge < -0.3 is 34.3 Å². The number of hydrogen-bond acceptors (Lipinski definition) is 7. The minimum Gasteiger partial charge on any atom is -0.377 e. The summed E-state index contributed by atoms with van der Waals surface area (Å²) in [6, 6.07) is 0. The zero-order valence-electron chi connectivity index (χ0n) is 18.0. The standard InChI is InChI=1S/C19H37FN2O7/c1-15(2)19(24)22-13-17(20)16(3)29-12-11-27-8-7-25-5-6-26-9-10-28-14-18(23)21-4/h15-17H,5-14H2,1-4H3,(H,21,23)(H,22,24). The average Bonchev–Trinajstić information content (AvgIpc) is 2.71. The monoisotopic (exact) mass is 424 g/mol. The van der Waals surface area contributed by atoms with Gasteiger partial charge in [-0.1, -0.05) is 13.8 Å². The number of hydrogen-bond donors (Lipinski definition) is 2. The Morgan fingerprint density at radius 1 is 0.828 bits per heavy atom. The molecule has 0 saturated carbocycles. The maximum Gasteiger partial charge on any atom is 0.245 e. The predicted octanol–water partition coefficient (Wildman–Crippen LogP) is 0.314. The number of alkyl halides is 1. The molecule has 2 atom stereocenters. The molecule has 0 spiro atoms. The molecule has 9 nitrogen and oxygen atoms in total. The summed E-state index contributed by atoms with van der Waals surface area (Å²) in [6.45, 7) is 8.10. The maximum atomic E-state index is 13.9. The molecule has 0 radical (unpaired) electrons. The molecule has 0 aromatic heterocycles. The molecule has 0 aromatic rings. The van der Waals surface area contributed by atoms with Gasteiger partial charge in [-0.2, -0.15) is 0 Å². The largest absolute Gasteiger partial charge is 0.377 e. The molecule has 0 aliphatic heterocycles. The highest BCUT2D eigenvalue weighted by Gasteiger charge is 2.18. The van der Waals surface area contributed by atoms with Crippen LogP contribution in [0.2, 0.25) is 0 Å². The first-order valence-electron chi connectivity index (χ1n) is 9.93. The van der Waals surface area contributed by atoms with E-state index in [1.807, 2.05) is 0 Å². The van der Waals surface area contributed by atoms with Crippen molar-refractivity contribution in [1.29, 1.82) is 0 Å². The Bertz CT molecular complexity index is 427. The molecule has 0 saturated heterocycles. The van der Waals surface area contributed by atoms with Crippen LogP contribution in [0.4, 0.5) is 4.39 Å². The third-order valence-corrected chi connectivity index (χ3v) is 3.74. The number of carbonyl (C=O) groups excluding carboxylic acids is 2. The van der Waals surface area contributed by atoms with Crippen molar-refractivity contribution >= 4 is 11.8 Å². The Kier molecular flexibility index (Phi) is 17.8. The topological polar surface area (TPSA) is 104 Å². The molecule has 172 valence electrons. The number of rotatable bonds is 19. The summed E-state index contributed by atoms with van der Waals surface area (Å²) in [5, 5.41) is 5.00. The molecule has 0 aliphatic rings. The van der Waals surface area contributed by atoms with Crippen LogP contribution in [0, 0.1) is 5.92 Å². The lowest BCUT2D eigenvalue weighted by Crippen LogP contribution is -2.38. The van der Waals surface area contributed by atoms with Gasteiger partial charge in [-0.05, 0) is 6.92 Å². The fraction of sp³-hybridized carbons (Fsp3) is 0.895. The van der Waals surface area contributed by atoms with E-state index in [1.165, 1.54) is 0 Å². The molecule has 2 unspecified atom stereocenters. The summed E-state index contributed by atoms with van der Waals surface area (Å²) in [6.07, 6.45) is -1.89. The summed E-state index contributed by atoms with van der Waals surface area (Å²) < 4.78 is 40.3. The van der Waals surface area contributed by atoms with Crippen molar-refractivity contribution in [3.63, 3.8) is 0 Å². The number of nitrogens with one attached hydrogen (secondary N) is 2. The van der Waals surface area contributed by atoms with Gasteiger partial charge in [0.1, 0.15) is 12.8 Å². The van der Waals surface area contributed by atoms with Gasteiger partial charge in [0.15, 0.2) is 0 Å². The second-order valence-corrected chi connectivity index (χ2v) is 6.55. The second kappa shape index (κ2) is 18.7. The van der Waals surface area contributed by atoms with Crippen LogP contribution in [0.25, 0.3) is 0 Å². The summed E-state index contributed by atoms with van der Waals surface area (Å²) >= 11 is 0. The van der Waals surface area contributed by atoms with Gasteiger partial charge in [-0.3, -0.25) is 9.59 Å². The van der Waals surface area contributed by atoms with Crippen LogP contribution in [0.1, 0.15) is 20.8 Å². The van der Waals surface area contributed by atoms with Gasteiger partial charge in [0.25, 0.3) is 0 Å². The van der Waals surface area contributed by atoms with Crippen LogP contribution >= 0.6 is 0 Å². The van der Waals surface area contributed by atoms with Gasteiger partial charge in [-0.25, -0.2) is 4.39 Å². The third kappa shape index (κ3) is 17.3. The highest BCUT2D eigenvalue weighted by atomic mass is 19.1. The molecular weight excluding hydrogens is 387 g/mol. The number of amides is 2. The van der Waals surface area contributed by atoms with Crippen LogP contribution < -0.4 is 10.6 Å². The lowest BCUT2D eigenvalue weighted by atomic mass is 10.2. The number of likely N-dealkylation sites (N-methyl/N-ethyl adjacent to an activating group) is 1. The van der Waals surface area contributed by atoms with E-state index < -0.39 is 12.3 Å². The molecule has 10 heteroatoms. The van der Waals surface area contributed by atoms with Gasteiger partial charge in [0.2, 0.25) is 11.8 Å². The van der Waals surface area contributed by atoms with E-state index in [2.05, 4.69) is 10.6 Å². The number of ether oxygens (including phenoxy) is 5. The zero-order chi connectivity index (χ0) is 21.9. The molecule has 0 rings (SSSR count). The van der Waals surface area contributed by atoms with E-state index >= 15 is 0 Å². The van der Waals surface area contributed by atoms with Crippen molar-refractivity contribution in [2.75, 3.05) is 73.1 Å². The lowest BCUT2D eigenvalue weighted by molar-refractivity contribution is -0.126. The van der Waals surface area contributed by atoms with Gasteiger partial charge in [0, 0.05) is 13.0 Å². The van der Waals surface area contributed by atoms with E-state index in [9.17, 15) is 14.0 Å². The summed E-state index contributed by atoms with van der Waals surface area (Å²) in [7, 11) is 1.55. The minimum atomic E-state index is -1.27. The highest BCUT2D eigenvalue weighted by molar-refractivity contribution is 5.77. The van der Waals surface area contributed by atoms with Crippen LogP contribution in [0.5, 0.6) is 0 Å². The van der Waals surface area contributed by atoms with Gasteiger partial charge >= 0.3 is 0 Å². The van der Waals surface area contributed by atoms with Gasteiger partial charge in [-0.15, -0.1) is 0 Å². The number of carbonyl (C=O) groups is 2. The summed E-state index contributed by atoms with van der Waals surface area (Å²) in [4.78, 5) is 22.3. The normalized spacial score (nSPS) is 13.3. The molecular formula is C19H37FN2O7. The zero-order valence-corrected chi connectivity index (χ0v) is 18.0. The fourth-order valence-corrected chi connectivity index (χ4v) is 1.86. The Morgan fingerprint density at radius 3 is 1.79 bits per heavy atom. The summed E-state index contributed by atoms with van der Waals surface area (Å²) in [5.41, 5.74) is 0. The van der Waals surface area contributed by atoms with E-state index in [0.717, 1.165) is 0 Å². The van der Waals surface area contributed by atoms with Crippen LogP contribution in [-0.2, 0) is 33.3 Å². The second-order valence-electron chi connectivity index (χ2n) is 6.55. The Hall–Kier alpha value is -1.33. The van der Waals surface area contributed by atoms with Crippen molar-refractivity contribution in [1.82, 2.24) is 10.6 Å². The molecule has 29 heavy (non-hydrogen) atoms. The smallest absolute Gasteiger partial charge is 0.245 e. The van der Waals surface area contributed by atoms with Crippen molar-refractivity contribution in [2.45, 2.75) is 33.0 Å². The molecule has 2 N–H and O–H groups in total. The molecule has 0 bridgehead atoms.